The Hall–Kier alpha value is -6.39. The van der Waals surface area contributed by atoms with Gasteiger partial charge in [-0.1, -0.05) is 152 Å². The molecule has 3 aromatic heterocycles. The summed E-state index contributed by atoms with van der Waals surface area (Å²) in [6, 6.07) is 51.4. The third-order valence-corrected chi connectivity index (χ3v) is 9.97. The number of hydrogen-bond acceptors (Lipinski definition) is 3. The minimum absolute atomic E-state index is 0.0188. The average molecular weight is 627 g/mol. The van der Waals surface area contributed by atoms with Gasteiger partial charge in [0, 0.05) is 38.6 Å². The second-order valence-electron chi connectivity index (χ2n) is 12.7. The zero-order valence-electron chi connectivity index (χ0n) is 26.7. The lowest BCUT2D eigenvalue weighted by Crippen LogP contribution is -2.11. The lowest BCUT2D eigenvalue weighted by atomic mass is 9.86. The van der Waals surface area contributed by atoms with Crippen LogP contribution in [0.4, 0.5) is 0 Å². The number of allylic oxidation sites excluding steroid dienone is 4. The topological polar surface area (TPSA) is 43.1 Å². The van der Waals surface area contributed by atoms with Crippen LogP contribution in [0.25, 0.3) is 77.6 Å². The number of para-hydroxylation sites is 2. The molecule has 1 aliphatic rings. The molecule has 230 valence electrons. The molecule has 3 heterocycles. The van der Waals surface area contributed by atoms with Gasteiger partial charge in [-0.2, -0.15) is 0 Å². The van der Waals surface area contributed by atoms with Gasteiger partial charge in [-0.05, 0) is 40.8 Å². The summed E-state index contributed by atoms with van der Waals surface area (Å²) in [5.74, 6) is 2.13. The van der Waals surface area contributed by atoms with Gasteiger partial charge in [0.05, 0.1) is 16.6 Å². The number of nitrogens with zero attached hydrogens (tertiary/aromatic N) is 4. The second kappa shape index (κ2) is 11.1. The molecule has 0 saturated heterocycles. The maximum absolute atomic E-state index is 5.38. The molecule has 0 spiro atoms. The van der Waals surface area contributed by atoms with E-state index in [2.05, 4.69) is 168 Å². The molecule has 0 bridgehead atoms. The zero-order chi connectivity index (χ0) is 32.3. The van der Waals surface area contributed by atoms with Crippen molar-refractivity contribution in [3.63, 3.8) is 0 Å². The fraction of sp³-hybridized carbons (Fsp3) is 0.0444. The monoisotopic (exact) mass is 626 g/mol. The Morgan fingerprint density at radius 2 is 1.10 bits per heavy atom. The fourth-order valence-corrected chi connectivity index (χ4v) is 7.81. The summed E-state index contributed by atoms with van der Waals surface area (Å²) in [6.45, 7) is 0. The van der Waals surface area contributed by atoms with E-state index in [4.69, 9.17) is 15.0 Å². The first-order chi connectivity index (χ1) is 24.3. The Bertz CT molecular complexity index is 2740. The third kappa shape index (κ3) is 4.34. The van der Waals surface area contributed by atoms with Crippen molar-refractivity contribution in [3.05, 3.63) is 175 Å². The molecule has 0 radical (unpaired) electrons. The first-order valence-electron chi connectivity index (χ1n) is 16.8. The summed E-state index contributed by atoms with van der Waals surface area (Å²) >= 11 is 0. The van der Waals surface area contributed by atoms with Crippen LogP contribution in [0.1, 0.15) is 23.7 Å². The van der Waals surface area contributed by atoms with Crippen LogP contribution in [0.5, 0.6) is 0 Å². The van der Waals surface area contributed by atoms with Gasteiger partial charge in [-0.25, -0.2) is 15.0 Å². The molecule has 9 aromatic rings. The highest BCUT2D eigenvalue weighted by Crippen LogP contribution is 2.43. The van der Waals surface area contributed by atoms with Gasteiger partial charge in [0.15, 0.2) is 11.6 Å². The fourth-order valence-electron chi connectivity index (χ4n) is 7.81. The van der Waals surface area contributed by atoms with E-state index in [9.17, 15) is 0 Å². The van der Waals surface area contributed by atoms with Gasteiger partial charge in [-0.3, -0.25) is 0 Å². The first kappa shape index (κ1) is 27.7. The summed E-state index contributed by atoms with van der Waals surface area (Å²) < 4.78 is 2.41. The van der Waals surface area contributed by atoms with Crippen molar-refractivity contribution < 1.29 is 0 Å². The van der Waals surface area contributed by atoms with Crippen LogP contribution in [0.2, 0.25) is 0 Å². The number of hydrogen-bond donors (Lipinski definition) is 0. The van der Waals surface area contributed by atoms with Gasteiger partial charge >= 0.3 is 0 Å². The van der Waals surface area contributed by atoms with Crippen LogP contribution < -0.4 is 0 Å². The summed E-state index contributed by atoms with van der Waals surface area (Å²) in [7, 11) is 0. The van der Waals surface area contributed by atoms with Crippen LogP contribution in [0.15, 0.2) is 164 Å². The molecular formula is C45H30N4. The molecule has 0 N–H and O–H groups in total. The molecule has 4 heteroatoms. The molecule has 1 unspecified atom stereocenters. The van der Waals surface area contributed by atoms with Crippen LogP contribution in [0, 0.1) is 0 Å². The molecule has 1 aliphatic carbocycles. The quantitative estimate of drug-likeness (QED) is 0.191. The van der Waals surface area contributed by atoms with Crippen molar-refractivity contribution in [1.82, 2.24) is 19.4 Å². The van der Waals surface area contributed by atoms with Crippen molar-refractivity contribution in [2.45, 2.75) is 12.3 Å². The number of fused-ring (bicyclic) bond motifs is 6. The Kier molecular flexibility index (Phi) is 6.28. The van der Waals surface area contributed by atoms with E-state index in [0.717, 1.165) is 45.4 Å². The lowest BCUT2D eigenvalue weighted by Gasteiger charge is -2.22. The predicted molar refractivity (Wildman–Crippen MR) is 202 cm³/mol. The molecule has 49 heavy (non-hydrogen) atoms. The number of aromatic nitrogens is 4. The van der Waals surface area contributed by atoms with Gasteiger partial charge in [-0.15, -0.1) is 0 Å². The van der Waals surface area contributed by atoms with Gasteiger partial charge < -0.3 is 4.40 Å². The number of benzene rings is 6. The molecule has 0 fully saturated rings. The van der Waals surface area contributed by atoms with E-state index in [-0.39, 0.29) is 5.92 Å². The normalized spacial score (nSPS) is 14.7. The molecule has 0 saturated carbocycles. The second-order valence-corrected chi connectivity index (χ2v) is 12.7. The van der Waals surface area contributed by atoms with Crippen LogP contribution in [-0.4, -0.2) is 19.4 Å². The Morgan fingerprint density at radius 1 is 0.490 bits per heavy atom. The van der Waals surface area contributed by atoms with E-state index < -0.39 is 0 Å². The minimum atomic E-state index is -0.0188. The van der Waals surface area contributed by atoms with Crippen molar-refractivity contribution in [2.24, 2.45) is 0 Å². The van der Waals surface area contributed by atoms with E-state index in [1.54, 1.807) is 0 Å². The average Bonchev–Trinajstić information content (AvgIpc) is 3.71. The molecule has 6 aromatic carbocycles. The van der Waals surface area contributed by atoms with Crippen molar-refractivity contribution in [1.29, 1.82) is 0 Å². The summed E-state index contributed by atoms with van der Waals surface area (Å²) in [4.78, 5) is 16.0. The summed E-state index contributed by atoms with van der Waals surface area (Å²) in [5, 5.41) is 4.90. The SMILES string of the molecule is C1=CCC(c2nc(-c3ccccc3-c3ccccc3)nc(-c3cccc4c3c3cccc5c6ccccc6n4c53)n2)C(c2ccccc2)=C1. The zero-order valence-corrected chi connectivity index (χ0v) is 26.7. The summed E-state index contributed by atoms with van der Waals surface area (Å²) in [6.07, 6.45) is 7.39. The van der Waals surface area contributed by atoms with E-state index in [1.165, 1.54) is 38.3 Å². The highest BCUT2D eigenvalue weighted by molar-refractivity contribution is 6.25. The van der Waals surface area contributed by atoms with E-state index in [0.29, 0.717) is 11.6 Å². The predicted octanol–water partition coefficient (Wildman–Crippen LogP) is 11.1. The van der Waals surface area contributed by atoms with Crippen LogP contribution >= 0.6 is 0 Å². The lowest BCUT2D eigenvalue weighted by molar-refractivity contribution is 0.780. The smallest absolute Gasteiger partial charge is 0.164 e. The largest absolute Gasteiger partial charge is 0.308 e. The van der Waals surface area contributed by atoms with Crippen LogP contribution in [0.3, 0.4) is 0 Å². The highest BCUT2D eigenvalue weighted by atomic mass is 15.0. The maximum Gasteiger partial charge on any atom is 0.164 e. The first-order valence-corrected chi connectivity index (χ1v) is 16.8. The van der Waals surface area contributed by atoms with Crippen molar-refractivity contribution in [2.75, 3.05) is 0 Å². The van der Waals surface area contributed by atoms with Gasteiger partial charge in [0.25, 0.3) is 0 Å². The van der Waals surface area contributed by atoms with Crippen molar-refractivity contribution >= 4 is 43.7 Å². The minimum Gasteiger partial charge on any atom is -0.308 e. The highest BCUT2D eigenvalue weighted by Gasteiger charge is 2.26. The third-order valence-electron chi connectivity index (χ3n) is 9.97. The summed E-state index contributed by atoms with van der Waals surface area (Å²) in [5.41, 5.74) is 10.2. The molecule has 10 rings (SSSR count). The van der Waals surface area contributed by atoms with Gasteiger partial charge in [0.1, 0.15) is 5.82 Å². The Morgan fingerprint density at radius 3 is 1.94 bits per heavy atom. The number of rotatable bonds is 5. The molecular weight excluding hydrogens is 597 g/mol. The molecule has 4 nitrogen and oxygen atoms in total. The Labute approximate surface area is 283 Å². The van der Waals surface area contributed by atoms with Gasteiger partial charge in [0.2, 0.25) is 0 Å². The Balaban J connectivity index is 1.26. The molecule has 1 atom stereocenters. The standard InChI is InChI=1S/C45H30N4/c1-3-15-29(16-4-1)31-19-7-9-22-35(31)43-46-44(36-23-10-8-20-32(36)30-17-5-2-6-18-30)48-45(47-43)38-26-14-28-40-41(38)37-25-13-24-34-33-21-11-12-27-39(33)49(40)42(34)37/h1-22,24-28,36H,23H2. The molecule has 0 amide bonds. The van der Waals surface area contributed by atoms with E-state index in [1.807, 2.05) is 0 Å². The van der Waals surface area contributed by atoms with Crippen LogP contribution in [-0.2, 0) is 0 Å². The van der Waals surface area contributed by atoms with E-state index >= 15 is 0 Å². The molecule has 0 aliphatic heterocycles. The van der Waals surface area contributed by atoms with Crippen molar-refractivity contribution in [3.8, 4) is 33.9 Å². The maximum atomic E-state index is 5.38.